The summed E-state index contributed by atoms with van der Waals surface area (Å²) in [5.74, 6) is 0.916. The molecule has 1 unspecified atom stereocenters. The van der Waals surface area contributed by atoms with Gasteiger partial charge in [0, 0.05) is 18.2 Å². The van der Waals surface area contributed by atoms with Crippen molar-refractivity contribution in [1.82, 2.24) is 10.2 Å². The Morgan fingerprint density at radius 1 is 1.38 bits per heavy atom. The molecule has 4 nitrogen and oxygen atoms in total. The van der Waals surface area contributed by atoms with Gasteiger partial charge < -0.3 is 15.3 Å². The average molecular weight is 288 g/mol. The average Bonchev–Trinajstić information content (AvgIpc) is 3.30. The Bertz CT molecular complexity index is 520. The van der Waals surface area contributed by atoms with Crippen LogP contribution >= 0.6 is 0 Å². The highest BCUT2D eigenvalue weighted by Crippen LogP contribution is 2.31. The first-order valence-corrected chi connectivity index (χ1v) is 7.96. The van der Waals surface area contributed by atoms with Gasteiger partial charge in [0.05, 0.1) is 0 Å². The first-order chi connectivity index (χ1) is 10.1. The van der Waals surface area contributed by atoms with E-state index in [1.807, 2.05) is 6.92 Å². The second-order valence-electron chi connectivity index (χ2n) is 6.40. The van der Waals surface area contributed by atoms with Crippen molar-refractivity contribution in [3.05, 3.63) is 29.3 Å². The molecule has 114 valence electrons. The number of hydrogen-bond acceptors (Lipinski definition) is 3. The summed E-state index contributed by atoms with van der Waals surface area (Å²) in [5, 5.41) is 12.9. The number of benzene rings is 1. The van der Waals surface area contributed by atoms with Crippen LogP contribution in [0.5, 0.6) is 5.75 Å². The number of carbonyl (C=O) groups is 1. The molecule has 1 aromatic carbocycles. The largest absolute Gasteiger partial charge is 0.508 e. The van der Waals surface area contributed by atoms with Crippen molar-refractivity contribution in [3.63, 3.8) is 0 Å². The van der Waals surface area contributed by atoms with Crippen LogP contribution in [0.3, 0.4) is 0 Å². The summed E-state index contributed by atoms with van der Waals surface area (Å²) in [6.45, 7) is 4.87. The summed E-state index contributed by atoms with van der Waals surface area (Å²) < 4.78 is 0. The summed E-state index contributed by atoms with van der Waals surface area (Å²) in [5.41, 5.74) is 1.58. The van der Waals surface area contributed by atoms with E-state index in [9.17, 15) is 9.90 Å². The molecule has 3 rings (SSSR count). The van der Waals surface area contributed by atoms with Gasteiger partial charge in [-0.1, -0.05) is 0 Å². The van der Waals surface area contributed by atoms with Gasteiger partial charge in [-0.2, -0.15) is 0 Å². The highest BCUT2D eigenvalue weighted by molar-refractivity contribution is 5.96. The van der Waals surface area contributed by atoms with Gasteiger partial charge in [-0.15, -0.1) is 0 Å². The van der Waals surface area contributed by atoms with Gasteiger partial charge in [-0.25, -0.2) is 0 Å². The van der Waals surface area contributed by atoms with Crippen LogP contribution < -0.4 is 5.32 Å². The van der Waals surface area contributed by atoms with Crippen LogP contribution in [-0.2, 0) is 0 Å². The summed E-state index contributed by atoms with van der Waals surface area (Å²) >= 11 is 0. The standard InChI is InChI=1S/C17H24N2O2/c1-12-9-15(20)6-7-16(12)17(21)19(14-4-5-14)11-13-3-2-8-18-10-13/h6-7,9,13-14,18,20H,2-5,8,10-11H2,1H3. The molecular formula is C17H24N2O2. The Morgan fingerprint density at radius 3 is 2.81 bits per heavy atom. The molecule has 1 saturated carbocycles. The molecule has 2 N–H and O–H groups in total. The molecule has 0 bridgehead atoms. The molecule has 0 radical (unpaired) electrons. The molecule has 1 aliphatic carbocycles. The normalized spacial score (nSPS) is 22.0. The Kier molecular flexibility index (Phi) is 4.15. The number of phenolic OH excluding ortho intramolecular Hbond substituents is 1. The fraction of sp³-hybridized carbons (Fsp3) is 0.588. The molecule has 0 aromatic heterocycles. The predicted octanol–water partition coefficient (Wildman–Crippen LogP) is 2.30. The number of amides is 1. The number of nitrogens with zero attached hydrogens (tertiary/aromatic N) is 1. The molecule has 2 fully saturated rings. The second-order valence-corrected chi connectivity index (χ2v) is 6.40. The van der Waals surface area contributed by atoms with Gasteiger partial charge in [0.25, 0.3) is 5.91 Å². The van der Waals surface area contributed by atoms with Gasteiger partial charge in [-0.05, 0) is 75.4 Å². The highest BCUT2D eigenvalue weighted by Gasteiger charge is 2.35. The number of piperidine rings is 1. The van der Waals surface area contributed by atoms with E-state index in [-0.39, 0.29) is 11.7 Å². The summed E-state index contributed by atoms with van der Waals surface area (Å²) in [6.07, 6.45) is 4.67. The van der Waals surface area contributed by atoms with Crippen LogP contribution in [0.1, 0.15) is 41.6 Å². The Labute approximate surface area is 126 Å². The van der Waals surface area contributed by atoms with Crippen LogP contribution in [0.15, 0.2) is 18.2 Å². The zero-order chi connectivity index (χ0) is 14.8. The van der Waals surface area contributed by atoms with Gasteiger partial charge in [0.15, 0.2) is 0 Å². The Balaban J connectivity index is 1.75. The monoisotopic (exact) mass is 288 g/mol. The molecule has 1 aliphatic heterocycles. The SMILES string of the molecule is Cc1cc(O)ccc1C(=O)N(CC1CCCNC1)C1CC1. The molecule has 1 heterocycles. The van der Waals surface area contributed by atoms with E-state index in [1.54, 1.807) is 18.2 Å². The second kappa shape index (κ2) is 6.06. The number of aromatic hydroxyl groups is 1. The lowest BCUT2D eigenvalue weighted by atomic mass is 9.98. The number of rotatable bonds is 4. The van der Waals surface area contributed by atoms with Crippen LogP contribution in [-0.4, -0.2) is 41.6 Å². The van der Waals surface area contributed by atoms with Crippen molar-refractivity contribution in [3.8, 4) is 5.75 Å². The minimum Gasteiger partial charge on any atom is -0.508 e. The lowest BCUT2D eigenvalue weighted by Crippen LogP contribution is -2.42. The zero-order valence-electron chi connectivity index (χ0n) is 12.6. The van der Waals surface area contributed by atoms with Crippen molar-refractivity contribution in [2.24, 2.45) is 5.92 Å². The first kappa shape index (κ1) is 14.4. The van der Waals surface area contributed by atoms with E-state index in [4.69, 9.17) is 0 Å². The zero-order valence-corrected chi connectivity index (χ0v) is 12.6. The maximum atomic E-state index is 12.9. The van der Waals surface area contributed by atoms with Crippen LogP contribution in [0.4, 0.5) is 0 Å². The third-order valence-corrected chi connectivity index (χ3v) is 4.54. The number of aryl methyl sites for hydroxylation is 1. The quantitative estimate of drug-likeness (QED) is 0.894. The van der Waals surface area contributed by atoms with Crippen molar-refractivity contribution in [1.29, 1.82) is 0 Å². The predicted molar refractivity (Wildman–Crippen MR) is 82.5 cm³/mol. The van der Waals surface area contributed by atoms with E-state index in [2.05, 4.69) is 10.2 Å². The van der Waals surface area contributed by atoms with Crippen molar-refractivity contribution in [2.45, 2.75) is 38.6 Å². The van der Waals surface area contributed by atoms with E-state index in [0.29, 0.717) is 12.0 Å². The highest BCUT2D eigenvalue weighted by atomic mass is 16.3. The number of nitrogens with one attached hydrogen (secondary N) is 1. The molecule has 4 heteroatoms. The van der Waals surface area contributed by atoms with Gasteiger partial charge in [-0.3, -0.25) is 4.79 Å². The number of phenols is 1. The molecule has 2 aliphatic rings. The lowest BCUT2D eigenvalue weighted by Gasteiger charge is -2.30. The van der Waals surface area contributed by atoms with Crippen molar-refractivity contribution >= 4 is 5.91 Å². The fourth-order valence-electron chi connectivity index (χ4n) is 3.18. The fourth-order valence-corrected chi connectivity index (χ4v) is 3.18. The lowest BCUT2D eigenvalue weighted by molar-refractivity contribution is 0.0703. The van der Waals surface area contributed by atoms with Crippen LogP contribution in [0.2, 0.25) is 0 Å². The number of hydrogen-bond donors (Lipinski definition) is 2. The van der Waals surface area contributed by atoms with Crippen molar-refractivity contribution < 1.29 is 9.90 Å². The Morgan fingerprint density at radius 2 is 2.19 bits per heavy atom. The molecule has 1 saturated heterocycles. The third kappa shape index (κ3) is 3.38. The first-order valence-electron chi connectivity index (χ1n) is 7.96. The minimum absolute atomic E-state index is 0.126. The topological polar surface area (TPSA) is 52.6 Å². The molecule has 21 heavy (non-hydrogen) atoms. The van der Waals surface area contributed by atoms with Crippen LogP contribution in [0, 0.1) is 12.8 Å². The number of carbonyl (C=O) groups excluding carboxylic acids is 1. The van der Waals surface area contributed by atoms with Crippen molar-refractivity contribution in [2.75, 3.05) is 19.6 Å². The van der Waals surface area contributed by atoms with E-state index < -0.39 is 0 Å². The molecule has 1 atom stereocenters. The third-order valence-electron chi connectivity index (χ3n) is 4.54. The molecule has 0 spiro atoms. The summed E-state index contributed by atoms with van der Waals surface area (Å²) in [4.78, 5) is 14.9. The van der Waals surface area contributed by atoms with Gasteiger partial charge >= 0.3 is 0 Å². The molecule has 1 amide bonds. The minimum atomic E-state index is 0.126. The van der Waals surface area contributed by atoms with Gasteiger partial charge in [0.1, 0.15) is 5.75 Å². The van der Waals surface area contributed by atoms with Crippen LogP contribution in [0.25, 0.3) is 0 Å². The molecular weight excluding hydrogens is 264 g/mol. The summed E-state index contributed by atoms with van der Waals surface area (Å²) in [7, 11) is 0. The van der Waals surface area contributed by atoms with Gasteiger partial charge in [0.2, 0.25) is 0 Å². The summed E-state index contributed by atoms with van der Waals surface area (Å²) in [6, 6.07) is 5.45. The molecule has 1 aromatic rings. The van der Waals surface area contributed by atoms with E-state index in [0.717, 1.165) is 43.6 Å². The smallest absolute Gasteiger partial charge is 0.254 e. The maximum absolute atomic E-state index is 12.9. The Hall–Kier alpha value is -1.55. The van der Waals surface area contributed by atoms with E-state index in [1.165, 1.54) is 12.8 Å². The maximum Gasteiger partial charge on any atom is 0.254 e. The van der Waals surface area contributed by atoms with E-state index >= 15 is 0 Å².